The minimum absolute atomic E-state index is 0.0826. The first-order chi connectivity index (χ1) is 9.02. The largest absolute Gasteiger partial charge is 0.420 e. The van der Waals surface area contributed by atoms with Crippen molar-refractivity contribution >= 4 is 11.5 Å². The van der Waals surface area contributed by atoms with Gasteiger partial charge in [0.1, 0.15) is 4.88 Å². The first kappa shape index (κ1) is 14.1. The maximum atomic E-state index is 5.68. The fraction of sp³-hybridized carbons (Fsp3) is 0.667. The molecule has 0 aliphatic heterocycles. The Morgan fingerprint density at radius 3 is 2.68 bits per heavy atom. The number of aromatic nitrogens is 4. The Morgan fingerprint density at radius 2 is 2.00 bits per heavy atom. The first-order valence-electron chi connectivity index (χ1n) is 6.38. The molecule has 7 heteroatoms. The van der Waals surface area contributed by atoms with E-state index in [1.807, 2.05) is 0 Å². The van der Waals surface area contributed by atoms with Crippen molar-refractivity contribution in [1.82, 2.24) is 25.1 Å². The Labute approximate surface area is 116 Å². The molecule has 0 radical (unpaired) electrons. The smallest absolute Gasteiger partial charge is 0.261 e. The van der Waals surface area contributed by atoms with Crippen LogP contribution in [0.4, 0.5) is 0 Å². The van der Waals surface area contributed by atoms with Crippen LogP contribution in [-0.2, 0) is 11.8 Å². The fourth-order valence-corrected chi connectivity index (χ4v) is 2.44. The van der Waals surface area contributed by atoms with E-state index in [0.717, 1.165) is 30.1 Å². The predicted molar refractivity (Wildman–Crippen MR) is 74.1 cm³/mol. The van der Waals surface area contributed by atoms with Crippen molar-refractivity contribution in [2.24, 2.45) is 0 Å². The molecule has 0 spiro atoms. The van der Waals surface area contributed by atoms with Gasteiger partial charge in [0.2, 0.25) is 5.89 Å². The monoisotopic (exact) mass is 281 g/mol. The van der Waals surface area contributed by atoms with Crippen molar-refractivity contribution in [3.8, 4) is 10.8 Å². The lowest BCUT2D eigenvalue weighted by Gasteiger charge is -2.14. The zero-order valence-corrected chi connectivity index (χ0v) is 12.5. The molecule has 0 unspecified atom stereocenters. The lowest BCUT2D eigenvalue weighted by Crippen LogP contribution is -2.16. The number of rotatable bonds is 5. The van der Waals surface area contributed by atoms with Gasteiger partial charge in [0, 0.05) is 18.4 Å². The molecule has 2 heterocycles. The van der Waals surface area contributed by atoms with Crippen LogP contribution in [0.25, 0.3) is 10.8 Å². The van der Waals surface area contributed by atoms with Crippen LogP contribution in [-0.4, -0.2) is 32.9 Å². The highest BCUT2D eigenvalue weighted by Gasteiger charge is 2.26. The summed E-state index contributed by atoms with van der Waals surface area (Å²) in [5.41, 5.74) is 0.820. The molecule has 0 saturated carbocycles. The zero-order valence-electron chi connectivity index (χ0n) is 11.7. The molecule has 0 atom stereocenters. The second-order valence-corrected chi connectivity index (χ2v) is 6.06. The van der Waals surface area contributed by atoms with Gasteiger partial charge in [0.15, 0.2) is 0 Å². The summed E-state index contributed by atoms with van der Waals surface area (Å²) in [7, 11) is 0. The molecule has 6 nitrogen and oxygen atoms in total. The van der Waals surface area contributed by atoms with Crippen LogP contribution in [0.1, 0.15) is 39.3 Å². The van der Waals surface area contributed by atoms with Crippen molar-refractivity contribution in [1.29, 1.82) is 0 Å². The number of nitrogens with one attached hydrogen (secondary N) is 1. The summed E-state index contributed by atoms with van der Waals surface area (Å²) in [6.07, 6.45) is 0.734. The van der Waals surface area contributed by atoms with E-state index in [4.69, 9.17) is 4.42 Å². The normalized spacial score (nSPS) is 12.0. The molecule has 19 heavy (non-hydrogen) atoms. The van der Waals surface area contributed by atoms with E-state index in [1.54, 1.807) is 0 Å². The van der Waals surface area contributed by atoms with Crippen molar-refractivity contribution in [3.05, 3.63) is 11.6 Å². The van der Waals surface area contributed by atoms with Crippen LogP contribution in [0.3, 0.4) is 0 Å². The van der Waals surface area contributed by atoms with E-state index < -0.39 is 0 Å². The zero-order chi connectivity index (χ0) is 13.9. The molecule has 1 N–H and O–H groups in total. The van der Waals surface area contributed by atoms with Crippen molar-refractivity contribution in [3.63, 3.8) is 0 Å². The van der Waals surface area contributed by atoms with E-state index in [9.17, 15) is 0 Å². The van der Waals surface area contributed by atoms with Gasteiger partial charge in [-0.25, -0.2) is 0 Å². The predicted octanol–water partition coefficient (Wildman–Crippen LogP) is 2.04. The van der Waals surface area contributed by atoms with Gasteiger partial charge in [0.25, 0.3) is 5.89 Å². The van der Waals surface area contributed by atoms with Gasteiger partial charge in [-0.05, 0) is 18.1 Å². The van der Waals surface area contributed by atoms with E-state index in [-0.39, 0.29) is 5.41 Å². The standard InChI is InChI=1S/C12H19N5OS/c1-5-13-7-6-8-14-16-11(18-8)9-10(12(2,3)4)15-17-19-9/h13H,5-7H2,1-4H3. The van der Waals surface area contributed by atoms with Crippen LogP contribution < -0.4 is 5.32 Å². The number of hydrogen-bond acceptors (Lipinski definition) is 7. The number of likely N-dealkylation sites (N-methyl/N-ethyl adjacent to an activating group) is 1. The Morgan fingerprint density at radius 1 is 1.21 bits per heavy atom. The quantitative estimate of drug-likeness (QED) is 0.845. The van der Waals surface area contributed by atoms with Crippen LogP contribution in [0.15, 0.2) is 4.42 Å². The molecule has 2 aromatic heterocycles. The molecular weight excluding hydrogens is 262 g/mol. The molecule has 0 aliphatic rings. The van der Waals surface area contributed by atoms with Gasteiger partial charge < -0.3 is 9.73 Å². The van der Waals surface area contributed by atoms with Gasteiger partial charge in [-0.3, -0.25) is 0 Å². The van der Waals surface area contributed by atoms with E-state index in [1.165, 1.54) is 11.5 Å². The molecular formula is C12H19N5OS. The van der Waals surface area contributed by atoms with Crippen molar-refractivity contribution < 1.29 is 4.42 Å². The second-order valence-electron chi connectivity index (χ2n) is 5.31. The highest BCUT2D eigenvalue weighted by molar-refractivity contribution is 7.09. The lowest BCUT2D eigenvalue weighted by atomic mass is 9.91. The third kappa shape index (κ3) is 3.36. The molecule has 0 aliphatic carbocycles. The van der Waals surface area contributed by atoms with Gasteiger partial charge >= 0.3 is 0 Å². The molecule has 0 saturated heterocycles. The van der Waals surface area contributed by atoms with E-state index >= 15 is 0 Å². The summed E-state index contributed by atoms with van der Waals surface area (Å²) in [6.45, 7) is 10.1. The van der Waals surface area contributed by atoms with Crippen molar-refractivity contribution in [2.45, 2.75) is 39.5 Å². The molecule has 0 amide bonds. The Balaban J connectivity index is 2.17. The summed E-state index contributed by atoms with van der Waals surface area (Å²) in [6, 6.07) is 0. The summed E-state index contributed by atoms with van der Waals surface area (Å²) >= 11 is 1.30. The molecule has 0 bridgehead atoms. The SMILES string of the molecule is CCNCCc1nnc(-c2snnc2C(C)(C)C)o1. The average Bonchev–Trinajstić information content (AvgIpc) is 2.96. The third-order valence-corrected chi connectivity index (χ3v) is 3.34. The highest BCUT2D eigenvalue weighted by Crippen LogP contribution is 2.32. The van der Waals surface area contributed by atoms with Gasteiger partial charge in [0.05, 0.1) is 5.69 Å². The van der Waals surface area contributed by atoms with Gasteiger partial charge in [-0.2, -0.15) is 0 Å². The summed E-state index contributed by atoms with van der Waals surface area (Å²) < 4.78 is 9.68. The second kappa shape index (κ2) is 5.75. The minimum atomic E-state index is -0.0826. The van der Waals surface area contributed by atoms with E-state index in [2.05, 4.69) is 52.8 Å². The highest BCUT2D eigenvalue weighted by atomic mass is 32.1. The third-order valence-electron chi connectivity index (χ3n) is 2.63. The summed E-state index contributed by atoms with van der Waals surface area (Å²) in [4.78, 5) is 0.870. The summed E-state index contributed by atoms with van der Waals surface area (Å²) in [5, 5.41) is 15.6. The average molecular weight is 281 g/mol. The maximum Gasteiger partial charge on any atom is 0.261 e. The van der Waals surface area contributed by atoms with Crippen LogP contribution in [0, 0.1) is 0 Å². The molecule has 2 rings (SSSR count). The minimum Gasteiger partial charge on any atom is -0.420 e. The van der Waals surface area contributed by atoms with Crippen molar-refractivity contribution in [2.75, 3.05) is 13.1 Å². The Kier molecular flexibility index (Phi) is 4.26. The summed E-state index contributed by atoms with van der Waals surface area (Å²) in [5.74, 6) is 1.16. The molecule has 0 fully saturated rings. The van der Waals surface area contributed by atoms with Crippen LogP contribution >= 0.6 is 11.5 Å². The molecule has 104 valence electrons. The Hall–Kier alpha value is -1.34. The topological polar surface area (TPSA) is 76.7 Å². The molecule has 0 aromatic carbocycles. The molecule has 2 aromatic rings. The van der Waals surface area contributed by atoms with Crippen LogP contribution in [0.2, 0.25) is 0 Å². The number of hydrogen-bond donors (Lipinski definition) is 1. The maximum absolute atomic E-state index is 5.68. The first-order valence-corrected chi connectivity index (χ1v) is 7.16. The lowest BCUT2D eigenvalue weighted by molar-refractivity contribution is 0.494. The van der Waals surface area contributed by atoms with Crippen LogP contribution in [0.5, 0.6) is 0 Å². The van der Waals surface area contributed by atoms with E-state index in [0.29, 0.717) is 11.8 Å². The van der Waals surface area contributed by atoms with Gasteiger partial charge in [-0.15, -0.1) is 15.3 Å². The van der Waals surface area contributed by atoms with Gasteiger partial charge in [-0.1, -0.05) is 32.2 Å². The fourth-order valence-electron chi connectivity index (χ4n) is 1.64. The number of nitrogens with zero attached hydrogens (tertiary/aromatic N) is 4. The Bertz CT molecular complexity index is 528.